The molecule has 4 aromatic carbocycles. The quantitative estimate of drug-likeness (QED) is 0.187. The molecular weight excluding hydrogens is 629 g/mol. The smallest absolute Gasteiger partial charge is 0.244 e. The molecule has 0 radical (unpaired) electrons. The van der Waals surface area contributed by atoms with Gasteiger partial charge in [-0.25, -0.2) is 8.42 Å². The predicted octanol–water partition coefficient (Wildman–Crippen LogP) is 7.00. The Labute approximate surface area is 275 Å². The van der Waals surface area contributed by atoms with Crippen LogP contribution in [0.25, 0.3) is 10.8 Å². The van der Waals surface area contributed by atoms with Gasteiger partial charge in [0.25, 0.3) is 0 Å². The highest BCUT2D eigenvalue weighted by Crippen LogP contribution is 2.31. The highest BCUT2D eigenvalue weighted by atomic mass is 35.5. The molecule has 0 aromatic heterocycles. The molecule has 1 atom stereocenters. The van der Waals surface area contributed by atoms with Gasteiger partial charge in [-0.1, -0.05) is 115 Å². The van der Waals surface area contributed by atoms with Gasteiger partial charge in [-0.2, -0.15) is 0 Å². The van der Waals surface area contributed by atoms with Crippen molar-refractivity contribution >= 4 is 61.5 Å². The Bertz CT molecular complexity index is 1740. The fourth-order valence-corrected chi connectivity index (χ4v) is 7.35. The number of fused-ring (bicyclic) bond motifs is 1. The molecule has 0 bridgehead atoms. The maximum atomic E-state index is 14.5. The summed E-state index contributed by atoms with van der Waals surface area (Å²) in [7, 11) is -3.92. The van der Waals surface area contributed by atoms with Crippen molar-refractivity contribution < 1.29 is 18.0 Å². The zero-order valence-corrected chi connectivity index (χ0v) is 27.5. The molecule has 0 saturated heterocycles. The Kier molecular flexibility index (Phi) is 10.7. The zero-order valence-electron chi connectivity index (χ0n) is 25.2. The zero-order chi connectivity index (χ0) is 32.0. The number of benzene rings is 4. The summed E-state index contributed by atoms with van der Waals surface area (Å²) in [5, 5.41) is 5.42. The van der Waals surface area contributed by atoms with E-state index in [9.17, 15) is 18.0 Å². The van der Waals surface area contributed by atoms with E-state index in [2.05, 4.69) is 5.32 Å². The first-order chi connectivity index (χ1) is 21.6. The van der Waals surface area contributed by atoms with Gasteiger partial charge in [0.1, 0.15) is 12.6 Å². The van der Waals surface area contributed by atoms with Crippen LogP contribution in [0.4, 0.5) is 5.69 Å². The molecule has 10 heteroatoms. The Morgan fingerprint density at radius 3 is 2.16 bits per heavy atom. The standard InChI is InChI=1S/C35H37Cl2N3O4S/c1-45(43,44)40(32-21-10-15-26-14-8-9-18-28(26)32)24-34(41)39(23-29-30(36)19-11-20-31(29)37)33(22-25-12-4-2-5-13-25)35(42)38-27-16-6-3-7-17-27/h2,4-5,8-15,18-21,27,33H,3,6-7,16-17,22-24H2,1H3,(H,38,42)/t33-/m0/s1. The summed E-state index contributed by atoms with van der Waals surface area (Å²) in [6, 6.07) is 26.3. The molecule has 0 spiro atoms. The Balaban J connectivity index is 1.57. The fourth-order valence-electron chi connectivity index (χ4n) is 5.97. The summed E-state index contributed by atoms with van der Waals surface area (Å²) < 4.78 is 27.7. The second-order valence-corrected chi connectivity index (χ2v) is 14.3. The third-order valence-corrected chi connectivity index (χ3v) is 10.2. The molecule has 0 unspecified atom stereocenters. The first kappa shape index (κ1) is 32.8. The van der Waals surface area contributed by atoms with Crippen LogP contribution in [0.5, 0.6) is 0 Å². The van der Waals surface area contributed by atoms with Crippen LogP contribution >= 0.6 is 23.2 Å². The Morgan fingerprint density at radius 1 is 0.844 bits per heavy atom. The van der Waals surface area contributed by atoms with E-state index in [4.69, 9.17) is 23.2 Å². The van der Waals surface area contributed by atoms with Crippen molar-refractivity contribution in [2.75, 3.05) is 17.1 Å². The molecule has 4 aromatic rings. The van der Waals surface area contributed by atoms with Crippen molar-refractivity contribution in [2.45, 2.75) is 57.2 Å². The summed E-state index contributed by atoms with van der Waals surface area (Å²) in [6.45, 7) is -0.600. The van der Waals surface area contributed by atoms with Gasteiger partial charge < -0.3 is 10.2 Å². The van der Waals surface area contributed by atoms with Crippen molar-refractivity contribution in [2.24, 2.45) is 0 Å². The Morgan fingerprint density at radius 2 is 1.47 bits per heavy atom. The summed E-state index contributed by atoms with van der Waals surface area (Å²) in [4.78, 5) is 30.1. The lowest BCUT2D eigenvalue weighted by atomic mass is 9.94. The maximum Gasteiger partial charge on any atom is 0.244 e. The molecule has 0 aliphatic heterocycles. The van der Waals surface area contributed by atoms with Crippen molar-refractivity contribution in [1.29, 1.82) is 0 Å². The van der Waals surface area contributed by atoms with Crippen LogP contribution in [-0.2, 0) is 32.6 Å². The van der Waals surface area contributed by atoms with Crippen LogP contribution in [0, 0.1) is 0 Å². The lowest BCUT2D eigenvalue weighted by Gasteiger charge is -2.35. The largest absolute Gasteiger partial charge is 0.352 e. The molecular formula is C35H37Cl2N3O4S. The van der Waals surface area contributed by atoms with Crippen molar-refractivity contribution in [3.63, 3.8) is 0 Å². The van der Waals surface area contributed by atoms with Gasteiger partial charge in [0.2, 0.25) is 21.8 Å². The third kappa shape index (κ3) is 8.17. The van der Waals surface area contributed by atoms with Gasteiger partial charge in [-0.3, -0.25) is 13.9 Å². The topological polar surface area (TPSA) is 86.8 Å². The van der Waals surface area contributed by atoms with E-state index in [-0.39, 0.29) is 24.9 Å². The third-order valence-electron chi connectivity index (χ3n) is 8.33. The molecule has 45 heavy (non-hydrogen) atoms. The van der Waals surface area contributed by atoms with Gasteiger partial charge in [0, 0.05) is 40.0 Å². The molecule has 236 valence electrons. The molecule has 1 N–H and O–H groups in total. The Hall–Kier alpha value is -3.59. The van der Waals surface area contributed by atoms with Crippen LogP contribution in [0.3, 0.4) is 0 Å². The maximum absolute atomic E-state index is 14.5. The SMILES string of the molecule is CS(=O)(=O)N(CC(=O)N(Cc1c(Cl)cccc1Cl)[C@@H](Cc1ccccc1)C(=O)NC1CCCCC1)c1cccc2ccccc12. The van der Waals surface area contributed by atoms with Gasteiger partial charge in [-0.15, -0.1) is 0 Å². The second-order valence-electron chi connectivity index (χ2n) is 11.5. The minimum absolute atomic E-state index is 0.00794. The van der Waals surface area contributed by atoms with E-state index in [1.807, 2.05) is 60.7 Å². The van der Waals surface area contributed by atoms with Crippen molar-refractivity contribution in [3.05, 3.63) is 112 Å². The van der Waals surface area contributed by atoms with Crippen LogP contribution in [0.1, 0.15) is 43.2 Å². The lowest BCUT2D eigenvalue weighted by Crippen LogP contribution is -2.55. The van der Waals surface area contributed by atoms with Gasteiger partial charge in [-0.05, 0) is 42.0 Å². The number of carbonyl (C=O) groups is 2. The lowest BCUT2D eigenvalue weighted by molar-refractivity contribution is -0.140. The fraction of sp³-hybridized carbons (Fsp3) is 0.314. The van der Waals surface area contributed by atoms with E-state index < -0.39 is 28.5 Å². The number of hydrogen-bond acceptors (Lipinski definition) is 4. The van der Waals surface area contributed by atoms with Crippen molar-refractivity contribution in [1.82, 2.24) is 10.2 Å². The van der Waals surface area contributed by atoms with Crippen LogP contribution < -0.4 is 9.62 Å². The molecule has 0 heterocycles. The highest BCUT2D eigenvalue weighted by Gasteiger charge is 2.35. The van der Waals surface area contributed by atoms with Gasteiger partial charge in [0.15, 0.2) is 0 Å². The molecule has 7 nitrogen and oxygen atoms in total. The van der Waals surface area contributed by atoms with Gasteiger partial charge >= 0.3 is 0 Å². The summed E-state index contributed by atoms with van der Waals surface area (Å²) in [5.41, 5.74) is 1.72. The molecule has 1 aliphatic rings. The number of nitrogens with zero attached hydrogens (tertiary/aromatic N) is 2. The van der Waals surface area contributed by atoms with Gasteiger partial charge in [0.05, 0.1) is 11.9 Å². The average molecular weight is 667 g/mol. The molecule has 5 rings (SSSR count). The number of sulfonamides is 1. The second kappa shape index (κ2) is 14.7. The average Bonchev–Trinajstić information content (AvgIpc) is 3.03. The molecule has 1 aliphatic carbocycles. The number of halogens is 2. The molecule has 2 amide bonds. The normalized spacial score (nSPS) is 14.6. The predicted molar refractivity (Wildman–Crippen MR) is 182 cm³/mol. The summed E-state index contributed by atoms with van der Waals surface area (Å²) >= 11 is 13.2. The number of anilines is 1. The molecule has 1 fully saturated rings. The van der Waals surface area contributed by atoms with Crippen LogP contribution in [-0.4, -0.2) is 50.0 Å². The van der Waals surface area contributed by atoms with E-state index in [1.54, 1.807) is 30.3 Å². The first-order valence-corrected chi connectivity index (χ1v) is 17.7. The first-order valence-electron chi connectivity index (χ1n) is 15.1. The van der Waals surface area contributed by atoms with Crippen molar-refractivity contribution in [3.8, 4) is 0 Å². The molecule has 1 saturated carbocycles. The highest BCUT2D eigenvalue weighted by molar-refractivity contribution is 7.92. The number of amides is 2. The summed E-state index contributed by atoms with van der Waals surface area (Å²) in [6.07, 6.45) is 6.23. The van der Waals surface area contributed by atoms with E-state index >= 15 is 0 Å². The van der Waals surface area contributed by atoms with E-state index in [1.165, 1.54) is 4.90 Å². The summed E-state index contributed by atoms with van der Waals surface area (Å²) in [5.74, 6) is -0.845. The number of nitrogens with one attached hydrogen (secondary N) is 1. The number of carbonyl (C=O) groups excluding carboxylic acids is 2. The monoisotopic (exact) mass is 665 g/mol. The van der Waals surface area contributed by atoms with Crippen LogP contribution in [0.15, 0.2) is 91.0 Å². The minimum Gasteiger partial charge on any atom is -0.352 e. The number of hydrogen-bond donors (Lipinski definition) is 1. The number of rotatable bonds is 11. The van der Waals surface area contributed by atoms with E-state index in [0.29, 0.717) is 26.7 Å². The van der Waals surface area contributed by atoms with E-state index in [0.717, 1.165) is 53.6 Å². The van der Waals surface area contributed by atoms with Crippen LogP contribution in [0.2, 0.25) is 10.0 Å². The minimum atomic E-state index is -3.92.